The molecule has 1 aliphatic rings. The van der Waals surface area contributed by atoms with Gasteiger partial charge in [0.05, 0.1) is 18.3 Å². The van der Waals surface area contributed by atoms with E-state index < -0.39 is 5.97 Å². The lowest BCUT2D eigenvalue weighted by Gasteiger charge is -2.31. The summed E-state index contributed by atoms with van der Waals surface area (Å²) in [6, 6.07) is 4.18. The second kappa shape index (κ2) is 4.61. The summed E-state index contributed by atoms with van der Waals surface area (Å²) in [6.07, 6.45) is 4.94. The lowest BCUT2D eigenvalue weighted by Crippen LogP contribution is -2.32. The maximum Gasteiger partial charge on any atom is 0.317 e. The molecule has 1 heterocycles. The van der Waals surface area contributed by atoms with Crippen molar-refractivity contribution in [1.29, 1.82) is 0 Å². The first kappa shape index (κ1) is 11.1. The van der Waals surface area contributed by atoms with Crippen molar-refractivity contribution in [1.82, 2.24) is 9.88 Å². The van der Waals surface area contributed by atoms with E-state index in [9.17, 15) is 4.79 Å². The van der Waals surface area contributed by atoms with Crippen LogP contribution in [0.25, 0.3) is 0 Å². The van der Waals surface area contributed by atoms with Gasteiger partial charge in [0.15, 0.2) is 0 Å². The van der Waals surface area contributed by atoms with Crippen LogP contribution in [0.2, 0.25) is 0 Å². The Morgan fingerprint density at radius 3 is 3.25 bits per heavy atom. The summed E-state index contributed by atoms with van der Waals surface area (Å²) in [7, 11) is 1.85. The first-order valence-corrected chi connectivity index (χ1v) is 5.54. The lowest BCUT2D eigenvalue weighted by atomic mass is 9.91. The number of aryl methyl sites for hydroxylation is 1. The van der Waals surface area contributed by atoms with Gasteiger partial charge in [0.25, 0.3) is 0 Å². The van der Waals surface area contributed by atoms with Crippen LogP contribution in [0, 0.1) is 0 Å². The van der Waals surface area contributed by atoms with Gasteiger partial charge in [0, 0.05) is 6.20 Å². The maximum atomic E-state index is 10.7. The zero-order chi connectivity index (χ0) is 11.5. The van der Waals surface area contributed by atoms with Crippen molar-refractivity contribution in [3.63, 3.8) is 0 Å². The van der Waals surface area contributed by atoms with Crippen LogP contribution in [-0.2, 0) is 11.2 Å². The molecule has 0 spiro atoms. The molecule has 0 aliphatic heterocycles. The number of pyridine rings is 1. The third-order valence-electron chi connectivity index (χ3n) is 3.08. The molecule has 0 amide bonds. The molecular formula is C12H16N2O2. The molecule has 1 N–H and O–H groups in total. The molecule has 0 fully saturated rings. The van der Waals surface area contributed by atoms with Gasteiger partial charge in [-0.3, -0.25) is 14.7 Å². The number of carboxylic acids is 1. The molecule has 1 aromatic rings. The molecular weight excluding hydrogens is 204 g/mol. The summed E-state index contributed by atoms with van der Waals surface area (Å²) in [5.74, 6) is -0.787. The average molecular weight is 220 g/mol. The van der Waals surface area contributed by atoms with E-state index in [0.29, 0.717) is 0 Å². The number of aliphatic carboxylic acids is 1. The molecule has 0 radical (unpaired) electrons. The Morgan fingerprint density at radius 2 is 2.50 bits per heavy atom. The Bertz CT molecular complexity index is 392. The van der Waals surface area contributed by atoms with Gasteiger partial charge >= 0.3 is 5.97 Å². The largest absolute Gasteiger partial charge is 0.480 e. The maximum absolute atomic E-state index is 10.7. The highest BCUT2D eigenvalue weighted by molar-refractivity contribution is 5.69. The van der Waals surface area contributed by atoms with Crippen molar-refractivity contribution in [2.75, 3.05) is 13.6 Å². The van der Waals surface area contributed by atoms with Gasteiger partial charge < -0.3 is 5.11 Å². The number of rotatable bonds is 3. The highest BCUT2D eigenvalue weighted by atomic mass is 16.4. The fraction of sp³-hybridized carbons (Fsp3) is 0.500. The molecule has 0 saturated heterocycles. The van der Waals surface area contributed by atoms with Crippen LogP contribution in [-0.4, -0.2) is 34.6 Å². The van der Waals surface area contributed by atoms with Crippen LogP contribution in [0.1, 0.15) is 30.1 Å². The van der Waals surface area contributed by atoms with Crippen LogP contribution < -0.4 is 0 Å². The summed E-state index contributed by atoms with van der Waals surface area (Å²) in [5, 5.41) is 8.80. The van der Waals surface area contributed by atoms with Crippen molar-refractivity contribution in [2.45, 2.75) is 25.3 Å². The molecule has 0 aromatic carbocycles. The predicted octanol–water partition coefficient (Wildman–Crippen LogP) is 1.48. The molecule has 0 unspecified atom stereocenters. The zero-order valence-electron chi connectivity index (χ0n) is 9.39. The normalized spacial score (nSPS) is 19.5. The molecule has 86 valence electrons. The second-order valence-electron chi connectivity index (χ2n) is 4.26. The van der Waals surface area contributed by atoms with E-state index >= 15 is 0 Å². The van der Waals surface area contributed by atoms with E-state index in [1.807, 2.05) is 18.0 Å². The van der Waals surface area contributed by atoms with Crippen molar-refractivity contribution >= 4 is 5.97 Å². The highest BCUT2D eigenvalue weighted by Crippen LogP contribution is 2.31. The number of hydrogen-bond donors (Lipinski definition) is 1. The van der Waals surface area contributed by atoms with Gasteiger partial charge in [0.2, 0.25) is 0 Å². The third-order valence-corrected chi connectivity index (χ3v) is 3.08. The topological polar surface area (TPSA) is 53.4 Å². The predicted molar refractivity (Wildman–Crippen MR) is 60.2 cm³/mol. The molecule has 1 aliphatic carbocycles. The van der Waals surface area contributed by atoms with E-state index in [2.05, 4.69) is 11.1 Å². The van der Waals surface area contributed by atoms with E-state index in [0.717, 1.165) is 25.0 Å². The summed E-state index contributed by atoms with van der Waals surface area (Å²) in [4.78, 5) is 17.0. The van der Waals surface area contributed by atoms with Crippen molar-refractivity contribution in [2.24, 2.45) is 0 Å². The van der Waals surface area contributed by atoms with Gasteiger partial charge in [0.1, 0.15) is 0 Å². The number of carboxylic acid groups (broad SMARTS) is 1. The minimum Gasteiger partial charge on any atom is -0.480 e. The Labute approximate surface area is 94.9 Å². The number of aromatic nitrogens is 1. The molecule has 0 bridgehead atoms. The molecule has 16 heavy (non-hydrogen) atoms. The summed E-state index contributed by atoms with van der Waals surface area (Å²) >= 11 is 0. The first-order valence-electron chi connectivity index (χ1n) is 5.54. The van der Waals surface area contributed by atoms with Crippen LogP contribution in [0.4, 0.5) is 0 Å². The highest BCUT2D eigenvalue weighted by Gasteiger charge is 2.25. The van der Waals surface area contributed by atoms with Crippen LogP contribution in [0.3, 0.4) is 0 Å². The molecule has 0 saturated carbocycles. The van der Waals surface area contributed by atoms with Crippen LogP contribution >= 0.6 is 0 Å². The number of nitrogens with zero attached hydrogens (tertiary/aromatic N) is 2. The van der Waals surface area contributed by atoms with Crippen LogP contribution in [0.15, 0.2) is 18.3 Å². The molecule has 4 nitrogen and oxygen atoms in total. The fourth-order valence-electron chi connectivity index (χ4n) is 2.34. The summed E-state index contributed by atoms with van der Waals surface area (Å²) in [5.41, 5.74) is 2.31. The third kappa shape index (κ3) is 2.22. The molecule has 4 heteroatoms. The van der Waals surface area contributed by atoms with E-state index in [4.69, 9.17) is 5.11 Å². The Morgan fingerprint density at radius 1 is 1.69 bits per heavy atom. The van der Waals surface area contributed by atoms with E-state index in [-0.39, 0.29) is 12.6 Å². The standard InChI is InChI=1S/C12H16N2O2/c1-14(8-11(15)16)10-6-2-4-9-5-3-7-13-12(9)10/h3,5,7,10H,2,4,6,8H2,1H3,(H,15,16)/t10-/m0/s1. The van der Waals surface area contributed by atoms with E-state index in [1.54, 1.807) is 6.20 Å². The lowest BCUT2D eigenvalue weighted by molar-refractivity contribution is -0.138. The van der Waals surface area contributed by atoms with Crippen LogP contribution in [0.5, 0.6) is 0 Å². The minimum atomic E-state index is -0.787. The zero-order valence-corrected chi connectivity index (χ0v) is 9.39. The second-order valence-corrected chi connectivity index (χ2v) is 4.26. The first-order chi connectivity index (χ1) is 7.68. The Kier molecular flexibility index (Phi) is 3.19. The number of hydrogen-bond acceptors (Lipinski definition) is 3. The average Bonchev–Trinajstić information content (AvgIpc) is 2.27. The number of carbonyl (C=O) groups is 1. The Hall–Kier alpha value is -1.42. The van der Waals surface area contributed by atoms with Crippen molar-refractivity contribution in [3.05, 3.63) is 29.6 Å². The quantitative estimate of drug-likeness (QED) is 0.838. The van der Waals surface area contributed by atoms with Crippen molar-refractivity contribution in [3.8, 4) is 0 Å². The number of fused-ring (bicyclic) bond motifs is 1. The van der Waals surface area contributed by atoms with Crippen molar-refractivity contribution < 1.29 is 9.90 Å². The van der Waals surface area contributed by atoms with Gasteiger partial charge in [-0.15, -0.1) is 0 Å². The summed E-state index contributed by atoms with van der Waals surface area (Å²) in [6.45, 7) is 0.0701. The Balaban J connectivity index is 2.21. The smallest absolute Gasteiger partial charge is 0.317 e. The summed E-state index contributed by atoms with van der Waals surface area (Å²) < 4.78 is 0. The van der Waals surface area contributed by atoms with Gasteiger partial charge in [-0.1, -0.05) is 6.07 Å². The monoisotopic (exact) mass is 220 g/mol. The number of likely N-dealkylation sites (N-methyl/N-ethyl adjacent to an activating group) is 1. The SMILES string of the molecule is CN(CC(=O)O)[C@H]1CCCc2cccnc21. The molecule has 1 atom stereocenters. The molecule has 2 rings (SSSR count). The van der Waals surface area contributed by atoms with E-state index in [1.165, 1.54) is 5.56 Å². The molecule has 1 aromatic heterocycles. The fourth-order valence-corrected chi connectivity index (χ4v) is 2.34. The van der Waals surface area contributed by atoms with Gasteiger partial charge in [-0.05, 0) is 37.9 Å². The minimum absolute atomic E-state index is 0.0701. The van der Waals surface area contributed by atoms with Gasteiger partial charge in [-0.25, -0.2) is 0 Å². The van der Waals surface area contributed by atoms with Gasteiger partial charge in [-0.2, -0.15) is 0 Å².